The molecule has 0 spiro atoms. The summed E-state index contributed by atoms with van der Waals surface area (Å²) in [5, 5.41) is 9.17. The summed E-state index contributed by atoms with van der Waals surface area (Å²) >= 11 is 1.39. The van der Waals surface area contributed by atoms with Gasteiger partial charge in [0, 0.05) is 4.88 Å². The van der Waals surface area contributed by atoms with Gasteiger partial charge in [0.15, 0.2) is 0 Å². The van der Waals surface area contributed by atoms with Crippen LogP contribution in [0.2, 0.25) is 0 Å². The molecular formula is C16H20N2O4S. The summed E-state index contributed by atoms with van der Waals surface area (Å²) in [5.74, 6) is -3.28. The highest BCUT2D eigenvalue weighted by atomic mass is 32.1. The number of hydrogen-bond acceptors (Lipinski definition) is 4. The molecule has 0 fully saturated rings. The van der Waals surface area contributed by atoms with E-state index in [0.29, 0.717) is 17.7 Å². The lowest BCUT2D eigenvalue weighted by Gasteiger charge is -2.24. The van der Waals surface area contributed by atoms with Gasteiger partial charge in [-0.25, -0.2) is 0 Å². The maximum Gasteiger partial charge on any atom is 0.307 e. The van der Waals surface area contributed by atoms with E-state index in [1.54, 1.807) is 18.2 Å². The maximum absolute atomic E-state index is 12.2. The first-order chi connectivity index (χ1) is 10.9. The number of amides is 2. The first kappa shape index (κ1) is 17.2. The van der Waals surface area contributed by atoms with Crippen LogP contribution in [-0.4, -0.2) is 22.9 Å². The minimum absolute atomic E-state index is 0.325. The first-order valence-electron chi connectivity index (χ1n) is 7.51. The molecule has 0 aromatic carbocycles. The molecule has 1 aliphatic carbocycles. The molecule has 23 heavy (non-hydrogen) atoms. The Kier molecular flexibility index (Phi) is 5.54. The van der Waals surface area contributed by atoms with Crippen LogP contribution in [0.1, 0.15) is 39.9 Å². The molecule has 0 saturated carbocycles. The van der Waals surface area contributed by atoms with Crippen LogP contribution in [0, 0.1) is 18.8 Å². The van der Waals surface area contributed by atoms with Crippen molar-refractivity contribution < 1.29 is 19.5 Å². The van der Waals surface area contributed by atoms with Crippen LogP contribution >= 0.6 is 11.3 Å². The molecule has 1 aromatic heterocycles. The van der Waals surface area contributed by atoms with Gasteiger partial charge in [-0.05, 0) is 37.8 Å². The molecule has 0 unspecified atom stereocenters. The van der Waals surface area contributed by atoms with E-state index < -0.39 is 23.7 Å². The molecule has 1 aromatic rings. The molecule has 0 bridgehead atoms. The number of carbonyl (C=O) groups is 3. The van der Waals surface area contributed by atoms with Gasteiger partial charge in [-0.15, -0.1) is 11.3 Å². The normalized spacial score (nSPS) is 20.1. The summed E-state index contributed by atoms with van der Waals surface area (Å²) < 4.78 is 0. The molecule has 1 aliphatic rings. The van der Waals surface area contributed by atoms with Crippen molar-refractivity contribution in [3.05, 3.63) is 33.5 Å². The number of hydrogen-bond donors (Lipinski definition) is 3. The van der Waals surface area contributed by atoms with Crippen LogP contribution in [0.3, 0.4) is 0 Å². The molecule has 124 valence electrons. The van der Waals surface area contributed by atoms with Gasteiger partial charge in [-0.2, -0.15) is 0 Å². The van der Waals surface area contributed by atoms with Crippen LogP contribution in [0.4, 0.5) is 0 Å². The van der Waals surface area contributed by atoms with Gasteiger partial charge in [0.2, 0.25) is 5.91 Å². The average Bonchev–Trinajstić information content (AvgIpc) is 2.93. The lowest BCUT2D eigenvalue weighted by atomic mass is 9.82. The van der Waals surface area contributed by atoms with Crippen LogP contribution in [0.5, 0.6) is 0 Å². The van der Waals surface area contributed by atoms with Crippen molar-refractivity contribution in [1.82, 2.24) is 10.9 Å². The topological polar surface area (TPSA) is 95.5 Å². The van der Waals surface area contributed by atoms with Crippen molar-refractivity contribution in [3.63, 3.8) is 0 Å². The fourth-order valence-corrected chi connectivity index (χ4v) is 3.64. The highest BCUT2D eigenvalue weighted by molar-refractivity contribution is 7.14. The van der Waals surface area contributed by atoms with Crippen LogP contribution < -0.4 is 10.9 Å². The Morgan fingerprint density at radius 1 is 1.22 bits per heavy atom. The summed E-state index contributed by atoms with van der Waals surface area (Å²) in [7, 11) is 0. The molecule has 0 aliphatic heterocycles. The van der Waals surface area contributed by atoms with Gasteiger partial charge < -0.3 is 5.11 Å². The van der Waals surface area contributed by atoms with E-state index in [2.05, 4.69) is 10.9 Å². The summed E-state index contributed by atoms with van der Waals surface area (Å²) in [6, 6.07) is 1.79. The van der Waals surface area contributed by atoms with E-state index in [-0.39, 0.29) is 5.91 Å². The Morgan fingerprint density at radius 3 is 2.43 bits per heavy atom. The van der Waals surface area contributed by atoms with E-state index in [1.807, 2.05) is 13.8 Å². The fourth-order valence-electron chi connectivity index (χ4n) is 2.63. The van der Waals surface area contributed by atoms with Gasteiger partial charge in [-0.1, -0.05) is 19.1 Å². The summed E-state index contributed by atoms with van der Waals surface area (Å²) in [6.07, 6.45) is 5.09. The Morgan fingerprint density at radius 2 is 1.87 bits per heavy atom. The molecule has 6 nitrogen and oxygen atoms in total. The number of aliphatic carboxylic acids is 1. The molecular weight excluding hydrogens is 316 g/mol. The van der Waals surface area contributed by atoms with E-state index >= 15 is 0 Å². The lowest BCUT2D eigenvalue weighted by Crippen LogP contribution is -2.47. The van der Waals surface area contributed by atoms with Crippen LogP contribution in [0.15, 0.2) is 18.2 Å². The maximum atomic E-state index is 12.2. The van der Waals surface area contributed by atoms with Gasteiger partial charge in [0.25, 0.3) is 5.91 Å². The van der Waals surface area contributed by atoms with Crippen molar-refractivity contribution >= 4 is 29.1 Å². The van der Waals surface area contributed by atoms with Gasteiger partial charge >= 0.3 is 5.97 Å². The van der Waals surface area contributed by atoms with Gasteiger partial charge in [0.05, 0.1) is 16.7 Å². The third-order valence-corrected chi connectivity index (χ3v) is 5.33. The summed E-state index contributed by atoms with van der Waals surface area (Å²) in [6.45, 7) is 3.96. The quantitative estimate of drug-likeness (QED) is 0.579. The van der Waals surface area contributed by atoms with E-state index in [0.717, 1.165) is 16.9 Å². The molecule has 2 atom stereocenters. The highest BCUT2D eigenvalue weighted by Crippen LogP contribution is 2.26. The zero-order chi connectivity index (χ0) is 17.0. The number of carboxylic acids is 1. The highest BCUT2D eigenvalue weighted by Gasteiger charge is 2.34. The predicted octanol–water partition coefficient (Wildman–Crippen LogP) is 2.05. The summed E-state index contributed by atoms with van der Waals surface area (Å²) in [4.78, 5) is 37.1. The predicted molar refractivity (Wildman–Crippen MR) is 87.0 cm³/mol. The Labute approximate surface area is 138 Å². The SMILES string of the molecule is CCc1sc(C(=O)NNC(=O)[C@H]2CC=CC[C@H]2C(=O)O)cc1C. The third kappa shape index (κ3) is 3.98. The Bertz CT molecular complexity index is 651. The molecule has 3 N–H and O–H groups in total. The molecule has 0 saturated heterocycles. The third-order valence-electron chi connectivity index (χ3n) is 3.95. The average molecular weight is 336 g/mol. The van der Waals surface area contributed by atoms with E-state index in [1.165, 1.54) is 11.3 Å². The largest absolute Gasteiger partial charge is 0.481 e. The van der Waals surface area contributed by atoms with E-state index in [9.17, 15) is 19.5 Å². The fraction of sp³-hybridized carbons (Fsp3) is 0.438. The molecule has 1 heterocycles. The minimum Gasteiger partial charge on any atom is -0.481 e. The van der Waals surface area contributed by atoms with Crippen molar-refractivity contribution in [2.24, 2.45) is 11.8 Å². The minimum atomic E-state index is -0.998. The smallest absolute Gasteiger partial charge is 0.307 e. The number of allylic oxidation sites excluding steroid dienone is 2. The number of aryl methyl sites for hydroxylation is 2. The molecule has 7 heteroatoms. The van der Waals surface area contributed by atoms with Crippen molar-refractivity contribution in [2.45, 2.75) is 33.1 Å². The van der Waals surface area contributed by atoms with Gasteiger partial charge in [0.1, 0.15) is 0 Å². The van der Waals surface area contributed by atoms with Crippen LogP contribution in [0.25, 0.3) is 0 Å². The van der Waals surface area contributed by atoms with Crippen molar-refractivity contribution in [2.75, 3.05) is 0 Å². The van der Waals surface area contributed by atoms with Gasteiger partial charge in [-0.3, -0.25) is 25.2 Å². The number of nitrogens with one attached hydrogen (secondary N) is 2. The lowest BCUT2D eigenvalue weighted by molar-refractivity contribution is -0.147. The molecule has 0 radical (unpaired) electrons. The number of hydrazine groups is 1. The molecule has 2 rings (SSSR count). The zero-order valence-electron chi connectivity index (χ0n) is 13.1. The second kappa shape index (κ2) is 7.41. The number of rotatable bonds is 4. The standard InChI is InChI=1S/C16H20N2O4S/c1-3-12-9(2)8-13(23-12)15(20)18-17-14(19)10-6-4-5-7-11(10)16(21)22/h4-5,8,10-11H,3,6-7H2,1-2H3,(H,17,19)(H,18,20)(H,21,22)/t10-,11+/m0/s1. The number of carboxylic acid groups (broad SMARTS) is 1. The first-order valence-corrected chi connectivity index (χ1v) is 8.33. The second-order valence-corrected chi connectivity index (χ2v) is 6.64. The van der Waals surface area contributed by atoms with E-state index in [4.69, 9.17) is 0 Å². The Hall–Kier alpha value is -2.15. The van der Waals surface area contributed by atoms with Crippen LogP contribution in [-0.2, 0) is 16.0 Å². The van der Waals surface area contributed by atoms with Crippen molar-refractivity contribution in [3.8, 4) is 0 Å². The Balaban J connectivity index is 1.96. The second-order valence-electron chi connectivity index (χ2n) is 5.51. The summed E-state index contributed by atoms with van der Waals surface area (Å²) in [5.41, 5.74) is 5.78. The monoisotopic (exact) mass is 336 g/mol. The number of carbonyl (C=O) groups excluding carboxylic acids is 2. The number of thiophene rings is 1. The molecule has 2 amide bonds. The van der Waals surface area contributed by atoms with Crippen molar-refractivity contribution in [1.29, 1.82) is 0 Å². The zero-order valence-corrected chi connectivity index (χ0v) is 13.9.